The Hall–Kier alpha value is -1.90. The molecule has 0 amide bonds. The number of hydrogen-bond acceptors (Lipinski definition) is 7. The molecule has 1 spiro atoms. The molecular weight excluding hydrogens is 424 g/mol. The quantitative estimate of drug-likeness (QED) is 0.762. The van der Waals surface area contributed by atoms with Crippen LogP contribution >= 0.6 is 23.4 Å². The molecule has 0 radical (unpaired) electrons. The Morgan fingerprint density at radius 3 is 2.73 bits per heavy atom. The number of methoxy groups -OCH3 is 1. The van der Waals surface area contributed by atoms with E-state index in [4.69, 9.17) is 26.8 Å². The number of hydrogen-bond donors (Lipinski definition) is 1. The number of nitrogens with zero attached hydrogens (tertiary/aromatic N) is 3. The van der Waals surface area contributed by atoms with Gasteiger partial charge in [-0.25, -0.2) is 0 Å². The van der Waals surface area contributed by atoms with Crippen molar-refractivity contribution < 1.29 is 9.47 Å². The van der Waals surface area contributed by atoms with Gasteiger partial charge in [-0.3, -0.25) is 9.36 Å². The van der Waals surface area contributed by atoms with Gasteiger partial charge in [0.2, 0.25) is 5.95 Å². The van der Waals surface area contributed by atoms with Gasteiger partial charge in [-0.15, -0.1) is 0 Å². The first-order valence-corrected chi connectivity index (χ1v) is 11.3. The van der Waals surface area contributed by atoms with Crippen molar-refractivity contribution in [1.82, 2.24) is 9.55 Å². The van der Waals surface area contributed by atoms with Gasteiger partial charge >= 0.3 is 0 Å². The largest absolute Gasteiger partial charge is 0.495 e. The van der Waals surface area contributed by atoms with Crippen molar-refractivity contribution >= 4 is 35.1 Å². The molecule has 0 saturated carbocycles. The molecule has 2 saturated heterocycles. The topological polar surface area (TPSA) is 82.6 Å². The molecule has 30 heavy (non-hydrogen) atoms. The first-order chi connectivity index (χ1) is 14.3. The number of ether oxygens (including phenoxy) is 2. The van der Waals surface area contributed by atoms with Crippen molar-refractivity contribution in [2.45, 2.75) is 42.1 Å². The molecule has 4 rings (SSSR count). The molecule has 0 unspecified atom stereocenters. The molecule has 2 aromatic rings. The Bertz CT molecular complexity index is 1000. The molecule has 2 aliphatic heterocycles. The van der Waals surface area contributed by atoms with Gasteiger partial charge in [0.1, 0.15) is 16.5 Å². The van der Waals surface area contributed by atoms with E-state index in [0.717, 1.165) is 39.0 Å². The lowest BCUT2D eigenvalue weighted by Gasteiger charge is -2.39. The Labute approximate surface area is 185 Å². The lowest BCUT2D eigenvalue weighted by molar-refractivity contribution is 0.0974. The lowest BCUT2D eigenvalue weighted by Crippen LogP contribution is -2.43. The van der Waals surface area contributed by atoms with Crippen molar-refractivity contribution in [3.05, 3.63) is 33.6 Å². The van der Waals surface area contributed by atoms with E-state index in [-0.39, 0.29) is 16.8 Å². The number of nitrogen functional groups attached to an aromatic ring is 1. The minimum absolute atomic E-state index is 0.181. The van der Waals surface area contributed by atoms with Crippen molar-refractivity contribution in [1.29, 1.82) is 0 Å². The monoisotopic (exact) mass is 450 g/mol. The SMILES string of the molecule is COc1cccc(Sc2c(N)nc(N3CCC4(CC3)CO[C@@H](C)C4)n(C)c2=O)c1Cl. The van der Waals surface area contributed by atoms with Crippen LogP contribution in [0.4, 0.5) is 11.8 Å². The van der Waals surface area contributed by atoms with Crippen LogP contribution in [0.25, 0.3) is 0 Å². The van der Waals surface area contributed by atoms with E-state index in [9.17, 15) is 4.79 Å². The van der Waals surface area contributed by atoms with E-state index >= 15 is 0 Å². The van der Waals surface area contributed by atoms with E-state index < -0.39 is 0 Å². The third-order valence-electron chi connectivity index (χ3n) is 6.11. The second-order valence-electron chi connectivity index (χ2n) is 8.18. The summed E-state index contributed by atoms with van der Waals surface area (Å²) in [5, 5.41) is 0.449. The van der Waals surface area contributed by atoms with Gasteiger partial charge < -0.3 is 20.1 Å². The summed E-state index contributed by atoms with van der Waals surface area (Å²) in [6.45, 7) is 4.64. The maximum absolute atomic E-state index is 13.1. The minimum Gasteiger partial charge on any atom is -0.495 e. The zero-order valence-electron chi connectivity index (χ0n) is 17.5. The Morgan fingerprint density at radius 2 is 2.10 bits per heavy atom. The van der Waals surface area contributed by atoms with E-state index in [1.807, 2.05) is 12.1 Å². The van der Waals surface area contributed by atoms with Crippen LogP contribution in [-0.4, -0.2) is 42.5 Å². The second kappa shape index (κ2) is 8.32. The van der Waals surface area contributed by atoms with Gasteiger partial charge in [-0.2, -0.15) is 4.98 Å². The van der Waals surface area contributed by atoms with Crippen molar-refractivity contribution in [3.8, 4) is 5.75 Å². The van der Waals surface area contributed by atoms with Gasteiger partial charge in [-0.05, 0) is 43.7 Å². The predicted molar refractivity (Wildman–Crippen MR) is 120 cm³/mol. The summed E-state index contributed by atoms with van der Waals surface area (Å²) in [7, 11) is 3.30. The highest BCUT2D eigenvalue weighted by molar-refractivity contribution is 7.99. The van der Waals surface area contributed by atoms with Crippen LogP contribution in [0.3, 0.4) is 0 Å². The summed E-state index contributed by atoms with van der Waals surface area (Å²) in [4.78, 5) is 20.9. The first kappa shape index (κ1) is 21.3. The van der Waals surface area contributed by atoms with Gasteiger partial charge in [0.05, 0.1) is 24.8 Å². The molecule has 162 valence electrons. The summed E-state index contributed by atoms with van der Waals surface area (Å²) >= 11 is 7.61. The summed E-state index contributed by atoms with van der Waals surface area (Å²) in [6, 6.07) is 5.43. The summed E-state index contributed by atoms with van der Waals surface area (Å²) in [6.07, 6.45) is 3.49. The Kier molecular flexibility index (Phi) is 5.92. The number of aromatic nitrogens is 2. The van der Waals surface area contributed by atoms with Crippen LogP contribution in [0.2, 0.25) is 5.02 Å². The fourth-order valence-corrected chi connectivity index (χ4v) is 5.63. The maximum atomic E-state index is 13.1. The van der Waals surface area contributed by atoms with Crippen LogP contribution in [0.5, 0.6) is 5.75 Å². The van der Waals surface area contributed by atoms with E-state index in [2.05, 4.69) is 16.8 Å². The van der Waals surface area contributed by atoms with Gasteiger partial charge in [0.25, 0.3) is 5.56 Å². The average molecular weight is 451 g/mol. The second-order valence-corrected chi connectivity index (χ2v) is 9.61. The van der Waals surface area contributed by atoms with Crippen LogP contribution in [0.1, 0.15) is 26.2 Å². The maximum Gasteiger partial charge on any atom is 0.270 e. The van der Waals surface area contributed by atoms with Crippen molar-refractivity contribution in [3.63, 3.8) is 0 Å². The number of nitrogens with two attached hydrogens (primary N) is 1. The number of anilines is 2. The third kappa shape index (κ3) is 3.88. The third-order valence-corrected chi connectivity index (χ3v) is 7.76. The van der Waals surface area contributed by atoms with Crippen LogP contribution in [0.15, 0.2) is 32.8 Å². The predicted octanol–water partition coefficient (Wildman–Crippen LogP) is 3.57. The fourth-order valence-electron chi connectivity index (χ4n) is 4.38. The zero-order chi connectivity index (χ0) is 21.5. The smallest absolute Gasteiger partial charge is 0.270 e. The van der Waals surface area contributed by atoms with Crippen LogP contribution in [-0.2, 0) is 11.8 Å². The number of halogens is 1. The molecule has 2 fully saturated rings. The summed E-state index contributed by atoms with van der Waals surface area (Å²) < 4.78 is 12.7. The molecule has 2 N–H and O–H groups in total. The number of piperidine rings is 1. The highest BCUT2D eigenvalue weighted by Crippen LogP contribution is 2.43. The van der Waals surface area contributed by atoms with Gasteiger partial charge in [0, 0.05) is 25.0 Å². The van der Waals surface area contributed by atoms with Gasteiger partial charge in [0.15, 0.2) is 0 Å². The van der Waals surface area contributed by atoms with Gasteiger partial charge in [-0.1, -0.05) is 29.4 Å². The fraction of sp³-hybridized carbons (Fsp3) is 0.524. The molecule has 0 aliphatic carbocycles. The molecule has 1 aromatic carbocycles. The standard InChI is InChI=1S/C21H27ClN4O3S/c1-13-11-21(12-29-13)7-9-26(10-8-21)20-24-18(23)17(19(27)25(20)2)30-15-6-4-5-14(28-3)16(15)22/h4-6,13H,7-12,23H2,1-3H3/t13-/m0/s1. The molecule has 1 atom stereocenters. The van der Waals surface area contributed by atoms with Crippen LogP contribution in [0, 0.1) is 5.41 Å². The minimum atomic E-state index is -0.181. The zero-order valence-corrected chi connectivity index (χ0v) is 19.1. The molecule has 9 heteroatoms. The van der Waals surface area contributed by atoms with Crippen molar-refractivity contribution in [2.24, 2.45) is 12.5 Å². The van der Waals surface area contributed by atoms with E-state index in [0.29, 0.717) is 32.6 Å². The Balaban J connectivity index is 1.58. The Morgan fingerprint density at radius 1 is 1.37 bits per heavy atom. The molecular formula is C21H27ClN4O3S. The van der Waals surface area contributed by atoms with Crippen LogP contribution < -0.4 is 20.9 Å². The molecule has 0 bridgehead atoms. The highest BCUT2D eigenvalue weighted by Gasteiger charge is 2.41. The number of rotatable bonds is 4. The molecule has 2 aliphatic rings. The van der Waals surface area contributed by atoms with E-state index in [1.54, 1.807) is 24.8 Å². The molecule has 7 nitrogen and oxygen atoms in total. The average Bonchev–Trinajstić information content (AvgIpc) is 3.10. The lowest BCUT2D eigenvalue weighted by atomic mass is 9.77. The highest BCUT2D eigenvalue weighted by atomic mass is 35.5. The first-order valence-electron chi connectivity index (χ1n) is 10.1. The number of benzene rings is 1. The van der Waals surface area contributed by atoms with Crippen molar-refractivity contribution in [2.75, 3.05) is 37.4 Å². The van der Waals surface area contributed by atoms with E-state index in [1.165, 1.54) is 11.8 Å². The molecule has 1 aromatic heterocycles. The normalized spacial score (nSPS) is 20.7. The summed E-state index contributed by atoms with van der Waals surface area (Å²) in [5.41, 5.74) is 6.32. The molecule has 3 heterocycles. The summed E-state index contributed by atoms with van der Waals surface area (Å²) in [5.74, 6) is 1.38.